The first-order valence-electron chi connectivity index (χ1n) is 4.29. The van der Waals surface area contributed by atoms with E-state index < -0.39 is 11.6 Å². The summed E-state index contributed by atoms with van der Waals surface area (Å²) in [5.41, 5.74) is 0. The first kappa shape index (κ1) is 8.48. The van der Waals surface area contributed by atoms with E-state index in [9.17, 15) is 8.78 Å². The summed E-state index contributed by atoms with van der Waals surface area (Å²) < 4.78 is 30.6. The molecule has 69 valence electrons. The van der Waals surface area contributed by atoms with Crippen LogP contribution in [0.25, 0.3) is 0 Å². The zero-order valence-electron chi connectivity index (χ0n) is 7.02. The van der Waals surface area contributed by atoms with Crippen molar-refractivity contribution in [1.29, 1.82) is 0 Å². The Kier molecular flexibility index (Phi) is 2.17. The summed E-state index contributed by atoms with van der Waals surface area (Å²) in [6, 6.07) is 4.26. The van der Waals surface area contributed by atoms with Crippen LogP contribution in [-0.4, -0.2) is 6.10 Å². The summed E-state index contributed by atoms with van der Waals surface area (Å²) >= 11 is 0. The molecule has 0 saturated heterocycles. The van der Waals surface area contributed by atoms with E-state index in [1.165, 1.54) is 0 Å². The summed E-state index contributed by atoms with van der Waals surface area (Å²) in [7, 11) is 0. The fourth-order valence-electron chi connectivity index (χ4n) is 1.21. The van der Waals surface area contributed by atoms with Crippen LogP contribution >= 0.6 is 0 Å². The lowest BCUT2D eigenvalue weighted by Crippen LogP contribution is -2.24. The Hall–Kier alpha value is -1.12. The van der Waals surface area contributed by atoms with Crippen LogP contribution in [0.15, 0.2) is 12.1 Å². The molecule has 0 bridgehead atoms. The van der Waals surface area contributed by atoms with Crippen LogP contribution in [0, 0.1) is 17.7 Å². The Morgan fingerprint density at radius 1 is 1.31 bits per heavy atom. The minimum atomic E-state index is -0.714. The molecule has 1 aliphatic rings. The highest BCUT2D eigenvalue weighted by molar-refractivity contribution is 5.22. The largest absolute Gasteiger partial charge is 0.490 e. The second-order valence-corrected chi connectivity index (χ2v) is 3.18. The highest BCUT2D eigenvalue weighted by Crippen LogP contribution is 2.25. The predicted octanol–water partition coefficient (Wildman–Crippen LogP) is 2.70. The molecule has 0 amide bonds. The first-order chi connectivity index (χ1) is 6.24. The maximum absolute atomic E-state index is 12.7. The molecule has 1 aliphatic carbocycles. The van der Waals surface area contributed by atoms with Crippen molar-refractivity contribution >= 4 is 0 Å². The summed E-state index contributed by atoms with van der Waals surface area (Å²) in [6.07, 6.45) is 3.18. The van der Waals surface area contributed by atoms with Gasteiger partial charge in [-0.15, -0.1) is 0 Å². The van der Waals surface area contributed by atoms with Gasteiger partial charge in [0.15, 0.2) is 0 Å². The third-order valence-corrected chi connectivity index (χ3v) is 2.12. The van der Waals surface area contributed by atoms with Gasteiger partial charge in [0, 0.05) is 12.1 Å². The normalized spacial score (nSPS) is 16.8. The molecule has 0 unspecified atom stereocenters. The Morgan fingerprint density at radius 2 is 2.08 bits per heavy atom. The van der Waals surface area contributed by atoms with Gasteiger partial charge in [0.2, 0.25) is 0 Å². The van der Waals surface area contributed by atoms with E-state index in [1.54, 1.807) is 0 Å². The van der Waals surface area contributed by atoms with Gasteiger partial charge in [-0.2, -0.15) is 0 Å². The maximum Gasteiger partial charge on any atom is 0.137 e. The molecular weight excluding hydrogens is 174 g/mol. The lowest BCUT2D eigenvalue weighted by Gasteiger charge is -2.26. The molecule has 0 heterocycles. The summed E-state index contributed by atoms with van der Waals surface area (Å²) in [4.78, 5) is 0. The third kappa shape index (κ3) is 1.97. The summed E-state index contributed by atoms with van der Waals surface area (Å²) in [6.45, 7) is 0. The van der Waals surface area contributed by atoms with Crippen molar-refractivity contribution in [3.8, 4) is 5.75 Å². The number of rotatable bonds is 2. The van der Waals surface area contributed by atoms with Gasteiger partial charge in [0.25, 0.3) is 0 Å². The topological polar surface area (TPSA) is 9.23 Å². The number of hydrogen-bond acceptors (Lipinski definition) is 1. The SMILES string of the molecule is Fc1[c]c(OC2CCC2)cc(F)c1. The van der Waals surface area contributed by atoms with E-state index in [2.05, 4.69) is 6.07 Å². The smallest absolute Gasteiger partial charge is 0.137 e. The maximum atomic E-state index is 12.7. The van der Waals surface area contributed by atoms with Gasteiger partial charge in [-0.1, -0.05) is 0 Å². The molecule has 1 fully saturated rings. The lowest BCUT2D eigenvalue weighted by molar-refractivity contribution is 0.119. The van der Waals surface area contributed by atoms with E-state index in [0.717, 1.165) is 31.4 Å². The van der Waals surface area contributed by atoms with E-state index in [0.29, 0.717) is 0 Å². The standard InChI is InChI=1S/C10H9F2O/c11-7-4-8(12)6-10(5-7)13-9-2-1-3-9/h4-5,9H,1-3H2. The van der Waals surface area contributed by atoms with Gasteiger partial charge in [-0.05, 0) is 19.3 Å². The van der Waals surface area contributed by atoms with Crippen molar-refractivity contribution in [2.24, 2.45) is 0 Å². The van der Waals surface area contributed by atoms with Crippen molar-refractivity contribution < 1.29 is 13.5 Å². The molecule has 2 rings (SSSR count). The molecule has 13 heavy (non-hydrogen) atoms. The molecule has 0 atom stereocenters. The number of halogens is 2. The van der Waals surface area contributed by atoms with Crippen molar-refractivity contribution in [2.45, 2.75) is 25.4 Å². The van der Waals surface area contributed by atoms with Crippen LogP contribution in [0.2, 0.25) is 0 Å². The van der Waals surface area contributed by atoms with Crippen LogP contribution < -0.4 is 4.74 Å². The fourth-order valence-corrected chi connectivity index (χ4v) is 1.21. The van der Waals surface area contributed by atoms with Crippen molar-refractivity contribution in [1.82, 2.24) is 0 Å². The lowest BCUT2D eigenvalue weighted by atomic mass is 9.96. The molecular formula is C10H9F2O. The minimum absolute atomic E-state index is 0.123. The van der Waals surface area contributed by atoms with E-state index in [-0.39, 0.29) is 11.9 Å². The van der Waals surface area contributed by atoms with E-state index in [4.69, 9.17) is 4.74 Å². The zero-order chi connectivity index (χ0) is 9.26. The third-order valence-electron chi connectivity index (χ3n) is 2.12. The Balaban J connectivity index is 2.10. The minimum Gasteiger partial charge on any atom is -0.490 e. The quantitative estimate of drug-likeness (QED) is 0.685. The number of benzene rings is 1. The average Bonchev–Trinajstić information content (AvgIpc) is 1.95. The van der Waals surface area contributed by atoms with E-state index >= 15 is 0 Å². The molecule has 0 aliphatic heterocycles. The Morgan fingerprint density at radius 3 is 2.62 bits per heavy atom. The first-order valence-corrected chi connectivity index (χ1v) is 4.29. The van der Waals surface area contributed by atoms with Gasteiger partial charge in [-0.25, -0.2) is 8.78 Å². The van der Waals surface area contributed by atoms with Gasteiger partial charge in [0.1, 0.15) is 17.4 Å². The van der Waals surface area contributed by atoms with Crippen LogP contribution in [0.1, 0.15) is 19.3 Å². The molecule has 0 spiro atoms. The second kappa shape index (κ2) is 3.32. The molecule has 3 heteroatoms. The highest BCUT2D eigenvalue weighted by atomic mass is 19.1. The van der Waals surface area contributed by atoms with Gasteiger partial charge in [0.05, 0.1) is 12.2 Å². The Bertz CT molecular complexity index is 288. The monoisotopic (exact) mass is 183 g/mol. The van der Waals surface area contributed by atoms with Crippen LogP contribution in [0.5, 0.6) is 5.75 Å². The summed E-state index contributed by atoms with van der Waals surface area (Å²) in [5, 5.41) is 0. The van der Waals surface area contributed by atoms with E-state index in [1.807, 2.05) is 0 Å². The van der Waals surface area contributed by atoms with Gasteiger partial charge >= 0.3 is 0 Å². The van der Waals surface area contributed by atoms with Crippen LogP contribution in [-0.2, 0) is 0 Å². The molecule has 1 saturated carbocycles. The predicted molar refractivity (Wildman–Crippen MR) is 43.5 cm³/mol. The summed E-state index contributed by atoms with van der Waals surface area (Å²) in [5.74, 6) is -1.16. The average molecular weight is 183 g/mol. The zero-order valence-corrected chi connectivity index (χ0v) is 7.02. The molecule has 1 aromatic carbocycles. The molecule has 1 nitrogen and oxygen atoms in total. The van der Waals surface area contributed by atoms with Crippen molar-refractivity contribution in [2.75, 3.05) is 0 Å². The van der Waals surface area contributed by atoms with Crippen molar-refractivity contribution in [3.63, 3.8) is 0 Å². The molecule has 0 aromatic heterocycles. The molecule has 1 radical (unpaired) electrons. The molecule has 0 N–H and O–H groups in total. The van der Waals surface area contributed by atoms with Gasteiger partial charge in [-0.3, -0.25) is 0 Å². The second-order valence-electron chi connectivity index (χ2n) is 3.18. The van der Waals surface area contributed by atoms with Crippen molar-refractivity contribution in [3.05, 3.63) is 29.8 Å². The molecule has 1 aromatic rings. The number of ether oxygens (including phenoxy) is 1. The van der Waals surface area contributed by atoms with Gasteiger partial charge < -0.3 is 4.74 Å². The van der Waals surface area contributed by atoms with Crippen LogP contribution in [0.4, 0.5) is 8.78 Å². The number of hydrogen-bond donors (Lipinski definition) is 0. The fraction of sp³-hybridized carbons (Fsp3) is 0.400. The Labute approximate surface area is 75.3 Å². The van der Waals surface area contributed by atoms with Crippen LogP contribution in [0.3, 0.4) is 0 Å². The highest BCUT2D eigenvalue weighted by Gasteiger charge is 2.19.